The molecule has 1 atom stereocenters. The number of hydrogen-bond acceptors (Lipinski definition) is 4. The summed E-state index contributed by atoms with van der Waals surface area (Å²) in [6, 6.07) is 3.83. The van der Waals surface area contributed by atoms with Crippen LogP contribution >= 0.6 is 11.3 Å². The van der Waals surface area contributed by atoms with Crippen LogP contribution in [0.25, 0.3) is 0 Å². The molecule has 0 aromatic carbocycles. The Hall–Kier alpha value is -0.430. The van der Waals surface area contributed by atoms with Crippen LogP contribution < -0.4 is 5.32 Å². The molecular weight excluding hydrogens is 292 g/mol. The van der Waals surface area contributed by atoms with E-state index >= 15 is 0 Å². The number of rotatable bonds is 6. The molecule has 0 aliphatic rings. The van der Waals surface area contributed by atoms with Crippen LogP contribution in [0.3, 0.4) is 0 Å². The minimum absolute atomic E-state index is 0.0104. The zero-order chi connectivity index (χ0) is 15.6. The Morgan fingerprint density at radius 3 is 2.35 bits per heavy atom. The fourth-order valence-electron chi connectivity index (χ4n) is 1.90. The second-order valence-corrected chi connectivity index (χ2v) is 9.68. The van der Waals surface area contributed by atoms with E-state index in [1.807, 2.05) is 0 Å². The van der Waals surface area contributed by atoms with Crippen LogP contribution in [0.15, 0.2) is 21.7 Å². The van der Waals surface area contributed by atoms with E-state index < -0.39 is 10.0 Å². The van der Waals surface area contributed by atoms with Gasteiger partial charge in [-0.3, -0.25) is 0 Å². The monoisotopic (exact) mass is 318 g/mol. The Labute approximate surface area is 127 Å². The molecule has 0 fully saturated rings. The third kappa shape index (κ3) is 4.55. The van der Waals surface area contributed by atoms with Crippen LogP contribution in [0, 0.1) is 5.41 Å². The van der Waals surface area contributed by atoms with E-state index in [0.29, 0.717) is 16.8 Å². The zero-order valence-corrected chi connectivity index (χ0v) is 14.8. The quantitative estimate of drug-likeness (QED) is 0.877. The van der Waals surface area contributed by atoms with Gasteiger partial charge >= 0.3 is 0 Å². The number of thiophene rings is 1. The van der Waals surface area contributed by atoms with E-state index in [2.05, 4.69) is 39.9 Å². The molecule has 4 nitrogen and oxygen atoms in total. The number of likely N-dealkylation sites (N-methyl/N-ethyl adjacent to an activating group) is 1. The maximum Gasteiger partial charge on any atom is 0.252 e. The highest BCUT2D eigenvalue weighted by atomic mass is 32.2. The lowest BCUT2D eigenvalue weighted by Crippen LogP contribution is -2.51. The van der Waals surface area contributed by atoms with Crippen molar-refractivity contribution >= 4 is 21.4 Å². The molecule has 1 rings (SSSR count). The van der Waals surface area contributed by atoms with Crippen molar-refractivity contribution in [1.29, 1.82) is 0 Å². The van der Waals surface area contributed by atoms with E-state index in [0.717, 1.165) is 0 Å². The largest absolute Gasteiger partial charge is 0.310 e. The van der Waals surface area contributed by atoms with Crippen LogP contribution in [0.1, 0.15) is 34.6 Å². The van der Waals surface area contributed by atoms with Gasteiger partial charge in [0.05, 0.1) is 0 Å². The average molecular weight is 319 g/mol. The van der Waals surface area contributed by atoms with Gasteiger partial charge in [-0.1, -0.05) is 40.7 Å². The second-order valence-electron chi connectivity index (χ2n) is 6.46. The van der Waals surface area contributed by atoms with Crippen LogP contribution in [0.4, 0.5) is 0 Å². The van der Waals surface area contributed by atoms with Crippen molar-refractivity contribution in [1.82, 2.24) is 9.62 Å². The lowest BCUT2D eigenvalue weighted by atomic mass is 9.86. The molecule has 0 radical (unpaired) electrons. The first kappa shape index (κ1) is 17.6. The Kier molecular flexibility index (Phi) is 5.78. The summed E-state index contributed by atoms with van der Waals surface area (Å²) in [5.41, 5.74) is -0.0104. The summed E-state index contributed by atoms with van der Waals surface area (Å²) in [5.74, 6) is 0. The van der Waals surface area contributed by atoms with Crippen LogP contribution in [0.2, 0.25) is 0 Å². The highest BCUT2D eigenvalue weighted by molar-refractivity contribution is 7.91. The van der Waals surface area contributed by atoms with Crippen molar-refractivity contribution in [2.24, 2.45) is 5.41 Å². The standard InChI is InChI=1S/C14H26N2O2S2/c1-11(2)15-12(14(3,4)5)10-16(6)20(17,18)13-8-7-9-19-13/h7-9,11-12,15H,10H2,1-6H3/t12-/m1/s1. The molecule has 6 heteroatoms. The molecule has 1 heterocycles. The van der Waals surface area contributed by atoms with Gasteiger partial charge in [0.1, 0.15) is 4.21 Å². The molecule has 0 unspecified atom stereocenters. The smallest absolute Gasteiger partial charge is 0.252 e. The molecule has 0 aliphatic carbocycles. The first-order valence-corrected chi connectivity index (χ1v) is 9.13. The van der Waals surface area contributed by atoms with E-state index in [-0.39, 0.29) is 11.5 Å². The van der Waals surface area contributed by atoms with Crippen molar-refractivity contribution in [2.75, 3.05) is 13.6 Å². The van der Waals surface area contributed by atoms with Crippen LogP contribution in [-0.2, 0) is 10.0 Å². The fraction of sp³-hybridized carbons (Fsp3) is 0.714. The summed E-state index contributed by atoms with van der Waals surface area (Å²) in [6.07, 6.45) is 0. The molecule has 116 valence electrons. The number of nitrogens with one attached hydrogen (secondary N) is 1. The number of sulfonamides is 1. The van der Waals surface area contributed by atoms with Crippen molar-refractivity contribution in [2.45, 2.75) is 50.9 Å². The number of nitrogens with zero attached hydrogens (tertiary/aromatic N) is 1. The maximum atomic E-state index is 12.5. The molecule has 0 aliphatic heterocycles. The molecule has 0 bridgehead atoms. The predicted octanol–water partition coefficient (Wildman–Crippen LogP) is 2.78. The van der Waals surface area contributed by atoms with Gasteiger partial charge in [0.25, 0.3) is 10.0 Å². The maximum absolute atomic E-state index is 12.5. The minimum atomic E-state index is -3.37. The van der Waals surface area contributed by atoms with Crippen LogP contribution in [0.5, 0.6) is 0 Å². The van der Waals surface area contributed by atoms with E-state index in [9.17, 15) is 8.42 Å². The molecule has 1 aromatic rings. The van der Waals surface area contributed by atoms with Gasteiger partial charge in [0.2, 0.25) is 0 Å². The van der Waals surface area contributed by atoms with Crippen molar-refractivity contribution in [3.8, 4) is 0 Å². The molecule has 0 amide bonds. The summed E-state index contributed by atoms with van der Waals surface area (Å²) < 4.78 is 26.7. The summed E-state index contributed by atoms with van der Waals surface area (Å²) in [6.45, 7) is 11.0. The van der Waals surface area contributed by atoms with E-state index in [1.165, 1.54) is 15.6 Å². The zero-order valence-electron chi connectivity index (χ0n) is 13.2. The minimum Gasteiger partial charge on any atom is -0.310 e. The molecule has 0 saturated carbocycles. The summed E-state index contributed by atoms with van der Waals surface area (Å²) in [7, 11) is -1.73. The lowest BCUT2D eigenvalue weighted by molar-refractivity contribution is 0.223. The predicted molar refractivity (Wildman–Crippen MR) is 85.6 cm³/mol. The molecule has 1 N–H and O–H groups in total. The molecule has 0 saturated heterocycles. The first-order chi connectivity index (χ1) is 9.05. The number of hydrogen-bond donors (Lipinski definition) is 1. The van der Waals surface area contributed by atoms with E-state index in [1.54, 1.807) is 24.6 Å². The van der Waals surface area contributed by atoms with Gasteiger partial charge < -0.3 is 5.32 Å². The Morgan fingerprint density at radius 1 is 1.35 bits per heavy atom. The Bertz CT molecular complexity index is 502. The van der Waals surface area contributed by atoms with Crippen molar-refractivity contribution < 1.29 is 8.42 Å². The normalized spacial score (nSPS) is 15.0. The third-order valence-electron chi connectivity index (χ3n) is 3.18. The summed E-state index contributed by atoms with van der Waals surface area (Å²) in [5, 5.41) is 5.25. The summed E-state index contributed by atoms with van der Waals surface area (Å²) in [4.78, 5) is 0. The van der Waals surface area contributed by atoms with Gasteiger partial charge in [-0.05, 0) is 16.9 Å². The molecule has 1 aromatic heterocycles. The average Bonchev–Trinajstić information content (AvgIpc) is 2.79. The van der Waals surface area contributed by atoms with Crippen molar-refractivity contribution in [3.05, 3.63) is 17.5 Å². The topological polar surface area (TPSA) is 49.4 Å². The van der Waals surface area contributed by atoms with Gasteiger partial charge in [-0.15, -0.1) is 11.3 Å². The third-order valence-corrected chi connectivity index (χ3v) is 6.38. The highest BCUT2D eigenvalue weighted by Gasteiger charge is 2.30. The molecule has 20 heavy (non-hydrogen) atoms. The molecular formula is C14H26N2O2S2. The SMILES string of the molecule is CC(C)N[C@H](CN(C)S(=O)(=O)c1cccs1)C(C)(C)C. The first-order valence-electron chi connectivity index (χ1n) is 6.81. The van der Waals surface area contributed by atoms with Gasteiger partial charge in [0, 0.05) is 25.7 Å². The van der Waals surface area contributed by atoms with Gasteiger partial charge in [-0.2, -0.15) is 4.31 Å². The van der Waals surface area contributed by atoms with E-state index in [4.69, 9.17) is 0 Å². The highest BCUT2D eigenvalue weighted by Crippen LogP contribution is 2.24. The van der Waals surface area contributed by atoms with Crippen molar-refractivity contribution in [3.63, 3.8) is 0 Å². The molecule has 0 spiro atoms. The lowest BCUT2D eigenvalue weighted by Gasteiger charge is -2.35. The Morgan fingerprint density at radius 2 is 1.95 bits per heavy atom. The Balaban J connectivity index is 2.89. The fourth-order valence-corrected chi connectivity index (χ4v) is 4.28. The summed E-state index contributed by atoms with van der Waals surface area (Å²) >= 11 is 1.26. The van der Waals surface area contributed by atoms with Crippen LogP contribution in [-0.4, -0.2) is 38.4 Å². The van der Waals surface area contributed by atoms with Gasteiger partial charge in [-0.25, -0.2) is 8.42 Å². The second kappa shape index (κ2) is 6.56. The van der Waals surface area contributed by atoms with Gasteiger partial charge in [0.15, 0.2) is 0 Å².